The first-order valence-electron chi connectivity index (χ1n) is 8.28. The van der Waals surface area contributed by atoms with Crippen LogP contribution in [0.5, 0.6) is 0 Å². The van der Waals surface area contributed by atoms with E-state index >= 15 is 0 Å². The van der Waals surface area contributed by atoms with Gasteiger partial charge in [0.15, 0.2) is 0 Å². The minimum atomic E-state index is -0.473. The summed E-state index contributed by atoms with van der Waals surface area (Å²) in [6, 6.07) is 7.74. The highest BCUT2D eigenvalue weighted by atomic mass is 35.5. The Kier molecular flexibility index (Phi) is 6.15. The second-order valence-electron chi connectivity index (χ2n) is 6.08. The Hall–Kier alpha value is -1.37. The molecule has 1 aromatic carbocycles. The maximum absolute atomic E-state index is 12.1. The smallest absolute Gasteiger partial charge is 0.240 e. The van der Waals surface area contributed by atoms with Gasteiger partial charge in [-0.1, -0.05) is 23.7 Å². The van der Waals surface area contributed by atoms with E-state index in [1.807, 2.05) is 29.2 Å². The number of halogens is 2. The summed E-state index contributed by atoms with van der Waals surface area (Å²) >= 11 is 13.3. The third-order valence-corrected chi connectivity index (χ3v) is 5.40. The van der Waals surface area contributed by atoms with Crippen LogP contribution in [0.3, 0.4) is 0 Å². The van der Waals surface area contributed by atoms with Gasteiger partial charge in [-0.05, 0) is 31.0 Å². The summed E-state index contributed by atoms with van der Waals surface area (Å²) in [5.74, 6) is 0.818. The zero-order valence-electron chi connectivity index (χ0n) is 14.0. The highest BCUT2D eigenvalue weighted by molar-refractivity contribution is 7.09. The normalized spacial score (nSPS) is 16.6. The molecule has 8 heteroatoms. The molecule has 25 heavy (non-hydrogen) atoms. The standard InChI is InChI=1S/C17H20Cl2N4OS/c1-12(18)16(24)22-7-2-8-23(10-9-22)17-20-15(21-25-17)11-13-3-5-14(19)6-4-13/h3-6,12H,2,7-11H2,1H3. The van der Waals surface area contributed by atoms with Crippen LogP contribution in [0.1, 0.15) is 24.7 Å². The molecule has 0 radical (unpaired) electrons. The fraction of sp³-hybridized carbons (Fsp3) is 0.471. The van der Waals surface area contributed by atoms with Crippen LogP contribution in [-0.4, -0.2) is 51.7 Å². The lowest BCUT2D eigenvalue weighted by Crippen LogP contribution is -2.38. The molecule has 1 atom stereocenters. The Labute approximate surface area is 161 Å². The Bertz CT molecular complexity index is 720. The summed E-state index contributed by atoms with van der Waals surface area (Å²) in [5.41, 5.74) is 1.14. The van der Waals surface area contributed by atoms with E-state index < -0.39 is 5.38 Å². The van der Waals surface area contributed by atoms with Crippen LogP contribution in [0.2, 0.25) is 5.02 Å². The van der Waals surface area contributed by atoms with Crippen molar-refractivity contribution in [2.45, 2.75) is 25.1 Å². The predicted octanol–water partition coefficient (Wildman–Crippen LogP) is 3.45. The quantitative estimate of drug-likeness (QED) is 0.739. The molecule has 134 valence electrons. The van der Waals surface area contributed by atoms with Crippen molar-refractivity contribution in [1.82, 2.24) is 14.3 Å². The Morgan fingerprint density at radius 1 is 1.24 bits per heavy atom. The van der Waals surface area contributed by atoms with Gasteiger partial charge in [0.05, 0.1) is 0 Å². The van der Waals surface area contributed by atoms with Gasteiger partial charge in [-0.15, -0.1) is 11.6 Å². The lowest BCUT2D eigenvalue weighted by Gasteiger charge is -2.22. The van der Waals surface area contributed by atoms with Crippen molar-refractivity contribution in [3.05, 3.63) is 40.7 Å². The number of benzene rings is 1. The van der Waals surface area contributed by atoms with Gasteiger partial charge < -0.3 is 9.80 Å². The van der Waals surface area contributed by atoms with E-state index in [0.717, 1.165) is 47.6 Å². The molecule has 0 aliphatic carbocycles. The van der Waals surface area contributed by atoms with Crippen molar-refractivity contribution in [3.8, 4) is 0 Å². The third kappa shape index (κ3) is 4.84. The molecule has 1 fully saturated rings. The van der Waals surface area contributed by atoms with Gasteiger partial charge in [0.25, 0.3) is 0 Å². The van der Waals surface area contributed by atoms with Gasteiger partial charge in [0, 0.05) is 49.2 Å². The number of aromatic nitrogens is 2. The third-order valence-electron chi connectivity index (χ3n) is 4.15. The summed E-state index contributed by atoms with van der Waals surface area (Å²) in [4.78, 5) is 20.8. The second kappa shape index (κ2) is 8.34. The maximum Gasteiger partial charge on any atom is 0.240 e. The van der Waals surface area contributed by atoms with E-state index in [4.69, 9.17) is 23.2 Å². The van der Waals surface area contributed by atoms with E-state index in [-0.39, 0.29) is 5.91 Å². The molecule has 1 amide bonds. The lowest BCUT2D eigenvalue weighted by atomic mass is 10.1. The minimum absolute atomic E-state index is 0.00390. The summed E-state index contributed by atoms with van der Waals surface area (Å²) < 4.78 is 4.48. The lowest BCUT2D eigenvalue weighted by molar-refractivity contribution is -0.130. The zero-order chi connectivity index (χ0) is 17.8. The van der Waals surface area contributed by atoms with Gasteiger partial charge in [-0.25, -0.2) is 4.98 Å². The maximum atomic E-state index is 12.1. The number of alkyl halides is 1. The van der Waals surface area contributed by atoms with Crippen LogP contribution in [0, 0.1) is 0 Å². The number of nitrogens with zero attached hydrogens (tertiary/aromatic N) is 4. The number of rotatable bonds is 4. The molecule has 1 aromatic heterocycles. The molecular formula is C17H20Cl2N4OS. The van der Waals surface area contributed by atoms with Gasteiger partial charge >= 0.3 is 0 Å². The molecule has 2 heterocycles. The first kappa shape index (κ1) is 18.4. The van der Waals surface area contributed by atoms with Gasteiger partial charge in [0.1, 0.15) is 11.2 Å². The number of amides is 1. The molecule has 0 bridgehead atoms. The highest BCUT2D eigenvalue weighted by Gasteiger charge is 2.23. The minimum Gasteiger partial charge on any atom is -0.345 e. The monoisotopic (exact) mass is 398 g/mol. The fourth-order valence-corrected chi connectivity index (χ4v) is 3.81. The summed E-state index contributed by atoms with van der Waals surface area (Å²) in [6.45, 7) is 4.76. The first-order valence-corrected chi connectivity index (χ1v) is 9.86. The van der Waals surface area contributed by atoms with Crippen molar-refractivity contribution >= 4 is 45.8 Å². The van der Waals surface area contributed by atoms with Crippen LogP contribution < -0.4 is 4.90 Å². The second-order valence-corrected chi connectivity index (χ2v) is 7.90. The molecule has 1 aliphatic rings. The number of carbonyl (C=O) groups is 1. The van der Waals surface area contributed by atoms with E-state index in [1.165, 1.54) is 11.5 Å². The molecule has 1 aliphatic heterocycles. The Balaban J connectivity index is 1.62. The molecule has 2 aromatic rings. The molecular weight excluding hydrogens is 379 g/mol. The van der Waals surface area contributed by atoms with Crippen LogP contribution >= 0.6 is 34.7 Å². The molecule has 1 saturated heterocycles. The SMILES string of the molecule is CC(Cl)C(=O)N1CCCN(c2nc(Cc3ccc(Cl)cc3)ns2)CC1. The molecule has 0 N–H and O–H groups in total. The highest BCUT2D eigenvalue weighted by Crippen LogP contribution is 2.21. The average molecular weight is 399 g/mol. The molecule has 0 spiro atoms. The van der Waals surface area contributed by atoms with Crippen LogP contribution in [-0.2, 0) is 11.2 Å². The summed E-state index contributed by atoms with van der Waals surface area (Å²) in [5, 5.41) is 1.17. The van der Waals surface area contributed by atoms with E-state index in [2.05, 4.69) is 14.3 Å². The Morgan fingerprint density at radius 3 is 2.72 bits per heavy atom. The fourth-order valence-electron chi connectivity index (χ4n) is 2.81. The van der Waals surface area contributed by atoms with Gasteiger partial charge in [-0.2, -0.15) is 4.37 Å². The molecule has 0 saturated carbocycles. The first-order chi connectivity index (χ1) is 12.0. The van der Waals surface area contributed by atoms with Gasteiger partial charge in [-0.3, -0.25) is 4.79 Å². The number of hydrogen-bond acceptors (Lipinski definition) is 5. The van der Waals surface area contributed by atoms with E-state index in [9.17, 15) is 4.79 Å². The van der Waals surface area contributed by atoms with Crippen molar-refractivity contribution in [2.24, 2.45) is 0 Å². The zero-order valence-corrected chi connectivity index (χ0v) is 16.3. The largest absolute Gasteiger partial charge is 0.345 e. The van der Waals surface area contributed by atoms with Crippen molar-refractivity contribution in [1.29, 1.82) is 0 Å². The van der Waals surface area contributed by atoms with E-state index in [1.54, 1.807) is 6.92 Å². The Morgan fingerprint density at radius 2 is 2.00 bits per heavy atom. The predicted molar refractivity (Wildman–Crippen MR) is 103 cm³/mol. The number of carbonyl (C=O) groups excluding carboxylic acids is 1. The number of anilines is 1. The average Bonchev–Trinajstić information content (AvgIpc) is 2.91. The van der Waals surface area contributed by atoms with Crippen molar-refractivity contribution in [2.75, 3.05) is 31.1 Å². The summed E-state index contributed by atoms with van der Waals surface area (Å²) in [6.07, 6.45) is 1.59. The number of hydrogen-bond donors (Lipinski definition) is 0. The van der Waals surface area contributed by atoms with Crippen molar-refractivity contribution in [3.63, 3.8) is 0 Å². The molecule has 5 nitrogen and oxygen atoms in total. The van der Waals surface area contributed by atoms with Gasteiger partial charge in [0.2, 0.25) is 11.0 Å². The van der Waals surface area contributed by atoms with Crippen molar-refractivity contribution < 1.29 is 4.79 Å². The van der Waals surface area contributed by atoms with Crippen LogP contribution in [0.25, 0.3) is 0 Å². The summed E-state index contributed by atoms with van der Waals surface area (Å²) in [7, 11) is 0. The topological polar surface area (TPSA) is 49.3 Å². The van der Waals surface area contributed by atoms with Crippen LogP contribution in [0.15, 0.2) is 24.3 Å². The molecule has 1 unspecified atom stereocenters. The molecule has 3 rings (SSSR count). The van der Waals surface area contributed by atoms with E-state index in [0.29, 0.717) is 13.0 Å². The van der Waals surface area contributed by atoms with Crippen LogP contribution in [0.4, 0.5) is 5.13 Å².